The molecule has 0 aliphatic carbocycles. The van der Waals surface area contributed by atoms with Gasteiger partial charge in [-0.3, -0.25) is 4.72 Å². The first-order chi connectivity index (χ1) is 6.72. The third kappa shape index (κ3) is 1.97. The molecule has 80 valence electrons. The Kier molecular flexibility index (Phi) is 2.85. The number of nitrogens with one attached hydrogen (secondary N) is 2. The molecule has 0 aromatic rings. The Bertz CT molecular complexity index is 225. The Morgan fingerprint density at radius 1 is 1.50 bits per heavy atom. The summed E-state index contributed by atoms with van der Waals surface area (Å²) in [7, 11) is 0. The zero-order chi connectivity index (χ0) is 10.0. The van der Waals surface area contributed by atoms with Crippen LogP contribution in [0.1, 0.15) is 19.3 Å². The van der Waals surface area contributed by atoms with E-state index in [0.29, 0.717) is 13.1 Å². The van der Waals surface area contributed by atoms with Crippen molar-refractivity contribution in [2.75, 3.05) is 19.6 Å². The fourth-order valence-electron chi connectivity index (χ4n) is 2.12. The molecule has 2 fully saturated rings. The molecule has 0 aromatic heterocycles. The van der Waals surface area contributed by atoms with Crippen LogP contribution in [0.4, 0.5) is 4.79 Å². The molecule has 0 radical (unpaired) electrons. The van der Waals surface area contributed by atoms with Crippen LogP contribution in [0.2, 0.25) is 0 Å². The Balaban J connectivity index is 2.01. The van der Waals surface area contributed by atoms with Crippen molar-refractivity contribution in [2.24, 2.45) is 0 Å². The average molecular weight is 217 g/mol. The SMILES string of the molecule is O=C(O)N1CCCC2(CCNSN2)C1. The second-order valence-corrected chi connectivity index (χ2v) is 4.63. The van der Waals surface area contributed by atoms with Gasteiger partial charge in [-0.05, 0) is 19.3 Å². The van der Waals surface area contributed by atoms with Crippen molar-refractivity contribution < 1.29 is 9.90 Å². The summed E-state index contributed by atoms with van der Waals surface area (Å²) in [6.07, 6.45) is 2.24. The van der Waals surface area contributed by atoms with Crippen LogP contribution >= 0.6 is 12.1 Å². The molecule has 0 bridgehead atoms. The summed E-state index contributed by atoms with van der Waals surface area (Å²) in [5, 5.41) is 8.93. The van der Waals surface area contributed by atoms with E-state index in [4.69, 9.17) is 5.11 Å². The van der Waals surface area contributed by atoms with Gasteiger partial charge >= 0.3 is 6.09 Å². The van der Waals surface area contributed by atoms with Crippen LogP contribution in [0.5, 0.6) is 0 Å². The minimum absolute atomic E-state index is 0.00650. The lowest BCUT2D eigenvalue weighted by Gasteiger charge is -2.44. The molecule has 1 atom stereocenters. The molecule has 6 heteroatoms. The number of carboxylic acid groups (broad SMARTS) is 1. The maximum atomic E-state index is 10.9. The van der Waals surface area contributed by atoms with Gasteiger partial charge in [-0.2, -0.15) is 0 Å². The third-order valence-corrected chi connectivity index (χ3v) is 3.78. The molecular weight excluding hydrogens is 202 g/mol. The van der Waals surface area contributed by atoms with Crippen LogP contribution in [-0.4, -0.2) is 41.3 Å². The summed E-state index contributed by atoms with van der Waals surface area (Å²) >= 11 is 1.49. The van der Waals surface area contributed by atoms with Crippen LogP contribution in [0.15, 0.2) is 0 Å². The van der Waals surface area contributed by atoms with E-state index in [1.165, 1.54) is 17.0 Å². The molecule has 1 spiro atoms. The van der Waals surface area contributed by atoms with Gasteiger partial charge in [-0.25, -0.2) is 9.52 Å². The highest BCUT2D eigenvalue weighted by molar-refractivity contribution is 7.95. The molecule has 1 unspecified atom stereocenters. The minimum atomic E-state index is -0.797. The van der Waals surface area contributed by atoms with Gasteiger partial charge in [0.1, 0.15) is 0 Å². The van der Waals surface area contributed by atoms with Gasteiger partial charge in [0.15, 0.2) is 0 Å². The summed E-state index contributed by atoms with van der Waals surface area (Å²) in [6.45, 7) is 2.25. The zero-order valence-electron chi connectivity index (χ0n) is 7.95. The molecule has 2 aliphatic heterocycles. The number of likely N-dealkylation sites (tertiary alicyclic amines) is 1. The van der Waals surface area contributed by atoms with Gasteiger partial charge in [-0.15, -0.1) is 0 Å². The van der Waals surface area contributed by atoms with E-state index < -0.39 is 6.09 Å². The maximum absolute atomic E-state index is 10.9. The molecular formula is C8H15N3O2S. The van der Waals surface area contributed by atoms with Gasteiger partial charge in [0.2, 0.25) is 0 Å². The van der Waals surface area contributed by atoms with Crippen LogP contribution in [0.25, 0.3) is 0 Å². The molecule has 0 saturated carbocycles. The highest BCUT2D eigenvalue weighted by Gasteiger charge is 2.38. The van der Waals surface area contributed by atoms with Crippen molar-refractivity contribution in [3.8, 4) is 0 Å². The second-order valence-electron chi connectivity index (χ2n) is 3.94. The van der Waals surface area contributed by atoms with Crippen molar-refractivity contribution in [1.82, 2.24) is 14.3 Å². The molecule has 3 N–H and O–H groups in total. The van der Waals surface area contributed by atoms with Crippen LogP contribution in [0, 0.1) is 0 Å². The number of carbonyl (C=O) groups is 1. The smallest absolute Gasteiger partial charge is 0.407 e. The van der Waals surface area contributed by atoms with Crippen molar-refractivity contribution >= 4 is 18.2 Å². The topological polar surface area (TPSA) is 64.6 Å². The quantitative estimate of drug-likeness (QED) is 0.520. The minimum Gasteiger partial charge on any atom is -0.465 e. The Labute approximate surface area is 87.5 Å². The molecule has 14 heavy (non-hydrogen) atoms. The van der Waals surface area contributed by atoms with Gasteiger partial charge in [0.05, 0.1) is 0 Å². The predicted octanol–water partition coefficient (Wildman–Crippen LogP) is 0.645. The van der Waals surface area contributed by atoms with Gasteiger partial charge in [-0.1, -0.05) is 0 Å². The van der Waals surface area contributed by atoms with E-state index in [1.54, 1.807) is 0 Å². The van der Waals surface area contributed by atoms with E-state index in [9.17, 15) is 4.79 Å². The standard InChI is InChI=1S/C8H15N3O2S/c12-7(13)11-5-1-2-8(6-11)3-4-9-14-10-8/h9-10H,1-6H2,(H,12,13). The number of piperidine rings is 1. The van der Waals surface area contributed by atoms with Crippen molar-refractivity contribution in [3.63, 3.8) is 0 Å². The molecule has 2 rings (SSSR count). The van der Waals surface area contributed by atoms with E-state index in [1.807, 2.05) is 0 Å². The summed E-state index contributed by atoms with van der Waals surface area (Å²) in [5.41, 5.74) is 0.00650. The summed E-state index contributed by atoms with van der Waals surface area (Å²) < 4.78 is 6.46. The first kappa shape index (κ1) is 10.1. The summed E-state index contributed by atoms with van der Waals surface area (Å²) in [5.74, 6) is 0. The Morgan fingerprint density at radius 2 is 2.36 bits per heavy atom. The monoisotopic (exact) mass is 217 g/mol. The van der Waals surface area contributed by atoms with Gasteiger partial charge in [0.25, 0.3) is 0 Å². The zero-order valence-corrected chi connectivity index (χ0v) is 8.77. The largest absolute Gasteiger partial charge is 0.465 e. The van der Waals surface area contributed by atoms with Crippen molar-refractivity contribution in [3.05, 3.63) is 0 Å². The van der Waals surface area contributed by atoms with E-state index in [-0.39, 0.29) is 5.54 Å². The number of hydrogen-bond donors (Lipinski definition) is 3. The molecule has 2 aliphatic rings. The Hall–Kier alpha value is -0.460. The van der Waals surface area contributed by atoms with Crippen LogP contribution in [0.3, 0.4) is 0 Å². The highest BCUT2D eigenvalue weighted by atomic mass is 32.2. The molecule has 2 heterocycles. The maximum Gasteiger partial charge on any atom is 0.407 e. The lowest BCUT2D eigenvalue weighted by molar-refractivity contribution is 0.102. The normalized spacial score (nSPS) is 33.3. The fraction of sp³-hybridized carbons (Fsp3) is 0.875. The molecule has 0 aromatic carbocycles. The highest BCUT2D eigenvalue weighted by Crippen LogP contribution is 2.28. The first-order valence-corrected chi connectivity index (χ1v) is 5.67. The number of rotatable bonds is 0. The molecule has 1 amide bonds. The van der Waals surface area contributed by atoms with Gasteiger partial charge < -0.3 is 10.0 Å². The lowest BCUT2D eigenvalue weighted by atomic mass is 9.87. The molecule has 5 nitrogen and oxygen atoms in total. The van der Waals surface area contributed by atoms with E-state index in [0.717, 1.165) is 25.8 Å². The van der Waals surface area contributed by atoms with Crippen molar-refractivity contribution in [1.29, 1.82) is 0 Å². The van der Waals surface area contributed by atoms with Crippen LogP contribution < -0.4 is 9.44 Å². The number of amides is 1. The van der Waals surface area contributed by atoms with Crippen molar-refractivity contribution in [2.45, 2.75) is 24.8 Å². The second kappa shape index (κ2) is 3.96. The third-order valence-electron chi connectivity index (χ3n) is 2.89. The van der Waals surface area contributed by atoms with Crippen LogP contribution in [-0.2, 0) is 0 Å². The first-order valence-electron chi connectivity index (χ1n) is 4.86. The Morgan fingerprint density at radius 3 is 3.00 bits per heavy atom. The van der Waals surface area contributed by atoms with E-state index >= 15 is 0 Å². The average Bonchev–Trinajstić information content (AvgIpc) is 2.19. The predicted molar refractivity (Wildman–Crippen MR) is 54.9 cm³/mol. The summed E-state index contributed by atoms with van der Waals surface area (Å²) in [6, 6.07) is 0. The number of hydrogen-bond acceptors (Lipinski definition) is 4. The summed E-state index contributed by atoms with van der Waals surface area (Å²) in [4.78, 5) is 12.4. The lowest BCUT2D eigenvalue weighted by Crippen LogP contribution is -2.59. The molecule has 2 saturated heterocycles. The van der Waals surface area contributed by atoms with E-state index in [2.05, 4.69) is 9.44 Å². The fourth-order valence-corrected chi connectivity index (χ4v) is 2.88. The number of nitrogens with zero attached hydrogens (tertiary/aromatic N) is 1. The van der Waals surface area contributed by atoms with Gasteiger partial charge in [0, 0.05) is 37.3 Å².